The molecule has 1 N–H and O–H groups in total. The maximum atomic E-state index is 12.9. The zero-order valence-corrected chi connectivity index (χ0v) is 13.4. The van der Waals surface area contributed by atoms with Crippen LogP contribution in [0.2, 0.25) is 0 Å². The van der Waals surface area contributed by atoms with Crippen LogP contribution in [-0.2, 0) is 15.5 Å². The SMILES string of the molecule is CCNC1CCC(C)(C)CC1S(=O)C1CCOCC1. The molecule has 0 aromatic carbocycles. The molecule has 1 heterocycles. The molecule has 1 saturated carbocycles. The predicted octanol–water partition coefficient (Wildman–Crippen LogP) is 2.47. The Hall–Kier alpha value is 0.0700. The fraction of sp³-hybridized carbons (Fsp3) is 1.00. The first kappa shape index (κ1) is 15.5. The molecule has 2 fully saturated rings. The molecule has 0 spiro atoms. The fourth-order valence-corrected chi connectivity index (χ4v) is 5.74. The van der Waals surface area contributed by atoms with Crippen LogP contribution in [0.25, 0.3) is 0 Å². The first-order valence-electron chi connectivity index (χ1n) is 7.74. The van der Waals surface area contributed by atoms with Crippen LogP contribution >= 0.6 is 0 Å². The van der Waals surface area contributed by atoms with Crippen LogP contribution in [0.3, 0.4) is 0 Å². The van der Waals surface area contributed by atoms with Gasteiger partial charge in [0.25, 0.3) is 0 Å². The van der Waals surface area contributed by atoms with E-state index in [0.29, 0.717) is 22.0 Å². The van der Waals surface area contributed by atoms with Crippen LogP contribution in [0.4, 0.5) is 0 Å². The van der Waals surface area contributed by atoms with Crippen LogP contribution in [-0.4, -0.2) is 40.5 Å². The molecule has 1 aliphatic carbocycles. The Morgan fingerprint density at radius 3 is 2.58 bits per heavy atom. The molecule has 112 valence electrons. The quantitative estimate of drug-likeness (QED) is 0.863. The summed E-state index contributed by atoms with van der Waals surface area (Å²) in [6.45, 7) is 9.35. The van der Waals surface area contributed by atoms with Gasteiger partial charge in [0.1, 0.15) is 0 Å². The number of nitrogens with one attached hydrogen (secondary N) is 1. The summed E-state index contributed by atoms with van der Waals surface area (Å²) < 4.78 is 18.3. The molecule has 2 aliphatic rings. The van der Waals surface area contributed by atoms with Gasteiger partial charge >= 0.3 is 0 Å². The van der Waals surface area contributed by atoms with E-state index in [1.807, 2.05) is 0 Å². The second-order valence-electron chi connectivity index (χ2n) is 6.75. The van der Waals surface area contributed by atoms with E-state index in [4.69, 9.17) is 4.74 Å². The van der Waals surface area contributed by atoms with Crippen molar-refractivity contribution in [3.8, 4) is 0 Å². The van der Waals surface area contributed by atoms with Gasteiger partial charge in [0.2, 0.25) is 0 Å². The van der Waals surface area contributed by atoms with Crippen LogP contribution < -0.4 is 5.32 Å². The number of rotatable bonds is 4. The number of hydrogen-bond acceptors (Lipinski definition) is 3. The Bertz CT molecular complexity index is 313. The summed E-state index contributed by atoms with van der Waals surface area (Å²) in [5.41, 5.74) is 0.345. The van der Waals surface area contributed by atoms with E-state index in [2.05, 4.69) is 26.1 Å². The van der Waals surface area contributed by atoms with Crippen LogP contribution in [0.15, 0.2) is 0 Å². The third kappa shape index (κ3) is 4.02. The monoisotopic (exact) mass is 287 g/mol. The minimum Gasteiger partial charge on any atom is -0.381 e. The summed E-state index contributed by atoms with van der Waals surface area (Å²) >= 11 is 0. The van der Waals surface area contributed by atoms with E-state index in [0.717, 1.165) is 39.0 Å². The van der Waals surface area contributed by atoms with E-state index in [9.17, 15) is 4.21 Å². The lowest BCUT2D eigenvalue weighted by Crippen LogP contribution is -2.50. The molecule has 2 rings (SSSR count). The summed E-state index contributed by atoms with van der Waals surface area (Å²) in [5.74, 6) is 0. The average Bonchev–Trinajstić information content (AvgIpc) is 2.41. The molecular weight excluding hydrogens is 258 g/mol. The maximum absolute atomic E-state index is 12.9. The maximum Gasteiger partial charge on any atom is 0.0509 e. The van der Waals surface area contributed by atoms with Crippen LogP contribution in [0.5, 0.6) is 0 Å². The number of ether oxygens (including phenoxy) is 1. The van der Waals surface area contributed by atoms with Crippen LogP contribution in [0, 0.1) is 5.41 Å². The molecule has 1 saturated heterocycles. The largest absolute Gasteiger partial charge is 0.381 e. The molecular formula is C15H29NO2S. The van der Waals surface area contributed by atoms with E-state index in [1.165, 1.54) is 12.8 Å². The first-order chi connectivity index (χ1) is 9.03. The predicted molar refractivity (Wildman–Crippen MR) is 80.9 cm³/mol. The van der Waals surface area contributed by atoms with Crippen molar-refractivity contribution in [2.45, 2.75) is 69.4 Å². The summed E-state index contributed by atoms with van der Waals surface area (Å²) in [6.07, 6.45) is 5.45. The lowest BCUT2D eigenvalue weighted by atomic mass is 9.75. The molecule has 0 radical (unpaired) electrons. The van der Waals surface area contributed by atoms with Gasteiger partial charge in [0, 0.05) is 35.3 Å². The van der Waals surface area contributed by atoms with Gasteiger partial charge in [-0.1, -0.05) is 20.8 Å². The molecule has 3 atom stereocenters. The average molecular weight is 287 g/mol. The highest BCUT2D eigenvalue weighted by atomic mass is 32.2. The van der Waals surface area contributed by atoms with Gasteiger partial charge in [-0.2, -0.15) is 0 Å². The summed E-state index contributed by atoms with van der Waals surface area (Å²) in [4.78, 5) is 0. The third-order valence-corrected chi connectivity index (χ3v) is 6.82. The molecule has 0 amide bonds. The van der Waals surface area contributed by atoms with E-state index < -0.39 is 10.8 Å². The Morgan fingerprint density at radius 1 is 1.26 bits per heavy atom. The standard InChI is InChI=1S/C15H29NO2S/c1-4-16-13-5-8-15(2,3)11-14(13)19(17)12-6-9-18-10-7-12/h12-14,16H,4-11H2,1-3H3. The van der Waals surface area contributed by atoms with Crippen molar-refractivity contribution >= 4 is 10.8 Å². The highest BCUT2D eigenvalue weighted by Crippen LogP contribution is 2.38. The Kier molecular flexibility index (Phi) is 5.44. The molecule has 3 nitrogen and oxygen atoms in total. The fourth-order valence-electron chi connectivity index (χ4n) is 3.42. The van der Waals surface area contributed by atoms with Gasteiger partial charge in [0.15, 0.2) is 0 Å². The molecule has 0 aromatic rings. The second kappa shape index (κ2) is 6.68. The van der Waals surface area contributed by atoms with Crippen molar-refractivity contribution in [3.63, 3.8) is 0 Å². The topological polar surface area (TPSA) is 38.3 Å². The molecule has 4 heteroatoms. The highest BCUT2D eigenvalue weighted by molar-refractivity contribution is 7.86. The number of hydrogen-bond donors (Lipinski definition) is 1. The van der Waals surface area contributed by atoms with Gasteiger partial charge in [-0.15, -0.1) is 0 Å². The third-order valence-electron chi connectivity index (χ3n) is 4.60. The second-order valence-corrected chi connectivity index (χ2v) is 8.68. The van der Waals surface area contributed by atoms with Gasteiger partial charge in [-0.05, 0) is 44.1 Å². The van der Waals surface area contributed by atoms with Crippen LogP contribution in [0.1, 0.15) is 52.9 Å². The van der Waals surface area contributed by atoms with E-state index >= 15 is 0 Å². The minimum atomic E-state index is -0.714. The Balaban J connectivity index is 2.05. The van der Waals surface area contributed by atoms with Gasteiger partial charge < -0.3 is 10.1 Å². The smallest absolute Gasteiger partial charge is 0.0509 e. The van der Waals surface area contributed by atoms with Crippen molar-refractivity contribution < 1.29 is 8.95 Å². The summed E-state index contributed by atoms with van der Waals surface area (Å²) in [7, 11) is -0.714. The lowest BCUT2D eigenvalue weighted by molar-refractivity contribution is 0.0986. The Labute approximate surface area is 120 Å². The van der Waals surface area contributed by atoms with Crippen molar-refractivity contribution in [3.05, 3.63) is 0 Å². The lowest BCUT2D eigenvalue weighted by Gasteiger charge is -2.42. The highest BCUT2D eigenvalue weighted by Gasteiger charge is 2.40. The normalized spacial score (nSPS) is 34.1. The molecule has 19 heavy (non-hydrogen) atoms. The molecule has 0 aromatic heterocycles. The zero-order chi connectivity index (χ0) is 13.9. The molecule has 0 bridgehead atoms. The van der Waals surface area contributed by atoms with Crippen molar-refractivity contribution in [2.75, 3.05) is 19.8 Å². The van der Waals surface area contributed by atoms with Gasteiger partial charge in [-0.3, -0.25) is 4.21 Å². The Morgan fingerprint density at radius 2 is 1.95 bits per heavy atom. The van der Waals surface area contributed by atoms with Gasteiger partial charge in [0.05, 0.1) is 5.25 Å². The minimum absolute atomic E-state index is 0.326. The van der Waals surface area contributed by atoms with Gasteiger partial charge in [-0.25, -0.2) is 0 Å². The summed E-state index contributed by atoms with van der Waals surface area (Å²) in [6, 6.07) is 0.446. The molecule has 3 unspecified atom stereocenters. The molecule has 1 aliphatic heterocycles. The first-order valence-corrected chi connectivity index (χ1v) is 9.01. The van der Waals surface area contributed by atoms with E-state index in [1.54, 1.807) is 0 Å². The van der Waals surface area contributed by atoms with Crippen molar-refractivity contribution in [1.29, 1.82) is 0 Å². The summed E-state index contributed by atoms with van der Waals surface area (Å²) in [5, 5.41) is 4.25. The zero-order valence-electron chi connectivity index (χ0n) is 12.6. The van der Waals surface area contributed by atoms with Crippen molar-refractivity contribution in [1.82, 2.24) is 5.32 Å². The van der Waals surface area contributed by atoms with Crippen molar-refractivity contribution in [2.24, 2.45) is 5.41 Å². The van der Waals surface area contributed by atoms with E-state index in [-0.39, 0.29) is 0 Å².